The minimum Gasteiger partial charge on any atom is -0.404 e. The number of anilines is 1. The van der Waals surface area contributed by atoms with E-state index in [1.165, 1.54) is 6.20 Å². The van der Waals surface area contributed by atoms with Crippen molar-refractivity contribution in [3.05, 3.63) is 71.7 Å². The summed E-state index contributed by atoms with van der Waals surface area (Å²) in [6.07, 6.45) is 8.09. The molecule has 41 heavy (non-hydrogen) atoms. The Hall–Kier alpha value is -4.93. The summed E-state index contributed by atoms with van der Waals surface area (Å²) < 4.78 is 0. The highest BCUT2D eigenvalue weighted by Gasteiger charge is 2.44. The van der Waals surface area contributed by atoms with Crippen LogP contribution in [0.3, 0.4) is 0 Å². The van der Waals surface area contributed by atoms with Crippen molar-refractivity contribution in [3.63, 3.8) is 0 Å². The summed E-state index contributed by atoms with van der Waals surface area (Å²) in [6.45, 7) is 0.708. The number of hydrogen-bond donors (Lipinski definition) is 3. The van der Waals surface area contributed by atoms with E-state index in [2.05, 4.69) is 20.6 Å². The molecule has 11 heteroatoms. The molecule has 1 saturated carbocycles. The number of carbonyl (C=O) groups is 4. The van der Waals surface area contributed by atoms with Gasteiger partial charge in [-0.25, -0.2) is 4.98 Å². The Morgan fingerprint density at radius 2 is 1.85 bits per heavy atom. The van der Waals surface area contributed by atoms with Gasteiger partial charge in [0.2, 0.25) is 11.8 Å². The summed E-state index contributed by atoms with van der Waals surface area (Å²) in [7, 11) is 0. The van der Waals surface area contributed by atoms with Crippen LogP contribution in [0.4, 0.5) is 5.69 Å². The van der Waals surface area contributed by atoms with Crippen molar-refractivity contribution >= 4 is 52.1 Å². The number of rotatable bonds is 8. The predicted molar refractivity (Wildman–Crippen MR) is 153 cm³/mol. The monoisotopic (exact) mass is 551 g/mol. The van der Waals surface area contributed by atoms with Crippen LogP contribution in [0, 0.1) is 5.92 Å². The number of imide groups is 2. The van der Waals surface area contributed by atoms with Crippen LogP contribution in [0.1, 0.15) is 58.5 Å². The SMILES string of the molecule is NC=C(C=NC1CC(CCNc2ccc3c(c2)C(=O)N(C2CCC(=O)NC2=O)C3=O)C1)c1cnc2ccccc2n1. The normalized spacial score (nSPS) is 22.7. The maximum absolute atomic E-state index is 13.0. The molecule has 1 unspecified atom stereocenters. The summed E-state index contributed by atoms with van der Waals surface area (Å²) in [5.74, 6) is -1.51. The van der Waals surface area contributed by atoms with Crippen molar-refractivity contribution in [3.8, 4) is 0 Å². The second-order valence-electron chi connectivity index (χ2n) is 10.6. The number of allylic oxidation sites excluding steroid dienone is 1. The third kappa shape index (κ3) is 5.18. The van der Waals surface area contributed by atoms with Crippen LogP contribution in [-0.2, 0) is 9.59 Å². The molecule has 0 bridgehead atoms. The zero-order valence-corrected chi connectivity index (χ0v) is 22.2. The van der Waals surface area contributed by atoms with E-state index in [0.717, 1.165) is 46.5 Å². The first-order valence-electron chi connectivity index (χ1n) is 13.7. The molecule has 1 atom stereocenters. The predicted octanol–water partition coefficient (Wildman–Crippen LogP) is 2.68. The summed E-state index contributed by atoms with van der Waals surface area (Å²) >= 11 is 0. The van der Waals surface area contributed by atoms with Gasteiger partial charge in [0, 0.05) is 36.6 Å². The summed E-state index contributed by atoms with van der Waals surface area (Å²) in [5.41, 5.74) is 10.2. The molecule has 2 aromatic carbocycles. The number of piperidine rings is 1. The standard InChI is InChI=1S/C30H29N7O4/c31-14-18(25-16-34-23-3-1-2-4-24(23)35-25)15-33-20-11-17(12-20)9-10-32-19-5-6-21-22(13-19)30(41)37(29(21)40)26-7-8-27(38)36-28(26)39/h1-6,13-17,20,26,32H,7-12,31H2,(H,36,38,39). The number of carbonyl (C=O) groups excluding carboxylic acids is 4. The van der Waals surface area contributed by atoms with Crippen molar-refractivity contribution in [2.24, 2.45) is 16.6 Å². The number of nitrogens with one attached hydrogen (secondary N) is 2. The number of para-hydroxylation sites is 2. The number of aliphatic imine (C=N–C) groups is 1. The molecule has 3 aliphatic rings. The Balaban J connectivity index is 0.991. The number of aromatic nitrogens is 2. The van der Waals surface area contributed by atoms with Gasteiger partial charge < -0.3 is 11.1 Å². The van der Waals surface area contributed by atoms with Gasteiger partial charge in [0.1, 0.15) is 6.04 Å². The number of benzene rings is 2. The van der Waals surface area contributed by atoms with Gasteiger partial charge in [-0.3, -0.25) is 39.4 Å². The molecule has 208 valence electrons. The Morgan fingerprint density at radius 1 is 1.07 bits per heavy atom. The molecule has 4 amide bonds. The van der Waals surface area contributed by atoms with E-state index in [-0.39, 0.29) is 30.0 Å². The van der Waals surface area contributed by atoms with Gasteiger partial charge in [-0.15, -0.1) is 0 Å². The number of nitrogens with zero attached hydrogens (tertiary/aromatic N) is 4. The Kier molecular flexibility index (Phi) is 7.00. The van der Waals surface area contributed by atoms with Crippen molar-refractivity contribution in [1.29, 1.82) is 0 Å². The average Bonchev–Trinajstić information content (AvgIpc) is 3.20. The van der Waals surface area contributed by atoms with Crippen LogP contribution in [0.5, 0.6) is 0 Å². The molecule has 0 radical (unpaired) electrons. The van der Waals surface area contributed by atoms with Crippen LogP contribution in [0.2, 0.25) is 0 Å². The fourth-order valence-electron chi connectivity index (χ4n) is 5.54. The molecular formula is C30H29N7O4. The van der Waals surface area contributed by atoms with Crippen LogP contribution in [0.25, 0.3) is 16.6 Å². The Bertz CT molecular complexity index is 1630. The lowest BCUT2D eigenvalue weighted by Crippen LogP contribution is -2.54. The summed E-state index contributed by atoms with van der Waals surface area (Å²) in [6, 6.07) is 12.0. The van der Waals surface area contributed by atoms with Crippen LogP contribution >= 0.6 is 0 Å². The largest absolute Gasteiger partial charge is 0.404 e. The third-order valence-electron chi connectivity index (χ3n) is 7.88. The minimum absolute atomic E-state index is 0.0912. The second-order valence-corrected chi connectivity index (χ2v) is 10.6. The number of fused-ring (bicyclic) bond motifs is 2. The molecule has 2 aliphatic heterocycles. The van der Waals surface area contributed by atoms with Gasteiger partial charge in [0.05, 0.1) is 40.1 Å². The molecule has 1 aromatic heterocycles. The number of hydrogen-bond acceptors (Lipinski definition) is 9. The molecule has 0 spiro atoms. The van der Waals surface area contributed by atoms with Crippen molar-refractivity contribution in [1.82, 2.24) is 20.2 Å². The lowest BCUT2D eigenvalue weighted by molar-refractivity contribution is -0.136. The number of nitrogens with two attached hydrogens (primary N) is 1. The highest BCUT2D eigenvalue weighted by Crippen LogP contribution is 2.33. The van der Waals surface area contributed by atoms with Crippen LogP contribution < -0.4 is 16.4 Å². The maximum atomic E-state index is 13.0. The van der Waals surface area contributed by atoms with Gasteiger partial charge in [-0.1, -0.05) is 12.1 Å². The van der Waals surface area contributed by atoms with E-state index in [0.29, 0.717) is 18.2 Å². The highest BCUT2D eigenvalue weighted by molar-refractivity contribution is 6.23. The maximum Gasteiger partial charge on any atom is 0.262 e. The van der Waals surface area contributed by atoms with Gasteiger partial charge >= 0.3 is 0 Å². The lowest BCUT2D eigenvalue weighted by atomic mass is 9.78. The van der Waals surface area contributed by atoms with E-state index < -0.39 is 29.7 Å². The Morgan fingerprint density at radius 3 is 2.63 bits per heavy atom. The van der Waals surface area contributed by atoms with Gasteiger partial charge in [-0.2, -0.15) is 0 Å². The van der Waals surface area contributed by atoms with Crippen molar-refractivity contribution < 1.29 is 19.2 Å². The average molecular weight is 552 g/mol. The van der Waals surface area contributed by atoms with E-state index >= 15 is 0 Å². The molecule has 4 N–H and O–H groups in total. The van der Waals surface area contributed by atoms with Crippen molar-refractivity contribution in [2.75, 3.05) is 11.9 Å². The summed E-state index contributed by atoms with van der Waals surface area (Å²) in [5, 5.41) is 5.55. The first-order chi connectivity index (χ1) is 19.9. The third-order valence-corrected chi connectivity index (χ3v) is 7.88. The van der Waals surface area contributed by atoms with Gasteiger partial charge in [0.15, 0.2) is 0 Å². The fourth-order valence-corrected chi connectivity index (χ4v) is 5.54. The van der Waals surface area contributed by atoms with Crippen molar-refractivity contribution in [2.45, 2.75) is 44.2 Å². The first-order valence-corrected chi connectivity index (χ1v) is 13.7. The van der Waals surface area contributed by atoms with E-state index in [1.807, 2.05) is 24.3 Å². The smallest absolute Gasteiger partial charge is 0.262 e. The second kappa shape index (κ2) is 10.9. The van der Waals surface area contributed by atoms with E-state index in [9.17, 15) is 19.2 Å². The van der Waals surface area contributed by atoms with Gasteiger partial charge in [-0.05, 0) is 61.9 Å². The highest BCUT2D eigenvalue weighted by atomic mass is 16.2. The molecule has 3 aromatic rings. The first kappa shape index (κ1) is 26.3. The minimum atomic E-state index is -0.970. The fraction of sp³-hybridized carbons (Fsp3) is 0.300. The van der Waals surface area contributed by atoms with E-state index in [1.54, 1.807) is 30.6 Å². The van der Waals surface area contributed by atoms with E-state index in [4.69, 9.17) is 10.7 Å². The molecular weight excluding hydrogens is 522 g/mol. The molecule has 11 nitrogen and oxygen atoms in total. The topological polar surface area (TPSA) is 160 Å². The quantitative estimate of drug-likeness (QED) is 0.285. The molecule has 3 heterocycles. The van der Waals surface area contributed by atoms with Gasteiger partial charge in [0.25, 0.3) is 11.8 Å². The Labute approximate surface area is 235 Å². The van der Waals surface area contributed by atoms with Crippen LogP contribution in [0.15, 0.2) is 59.9 Å². The zero-order chi connectivity index (χ0) is 28.5. The van der Waals surface area contributed by atoms with Crippen LogP contribution in [-0.4, -0.2) is 63.3 Å². The zero-order valence-electron chi connectivity index (χ0n) is 22.2. The lowest BCUT2D eigenvalue weighted by Gasteiger charge is -2.32. The summed E-state index contributed by atoms with van der Waals surface area (Å²) in [4.78, 5) is 64.4. The molecule has 6 rings (SSSR count). The molecule has 1 aliphatic carbocycles. The molecule has 2 fully saturated rings. The molecule has 1 saturated heterocycles. The number of amides is 4.